The molecule has 22 heavy (non-hydrogen) atoms. The predicted octanol–water partition coefficient (Wildman–Crippen LogP) is 2.99. The molecule has 4 nitrogen and oxygen atoms in total. The number of carbonyl (C=O) groups excluding carboxylic acids is 1. The Bertz CT molecular complexity index is 544. The zero-order valence-corrected chi connectivity index (χ0v) is 14.2. The van der Waals surface area contributed by atoms with Crippen LogP contribution in [0.1, 0.15) is 42.0 Å². The molecule has 0 N–H and O–H groups in total. The lowest BCUT2D eigenvalue weighted by molar-refractivity contribution is -0.132. The maximum Gasteiger partial charge on any atom is 0.226 e. The number of piperazine rings is 1. The van der Waals surface area contributed by atoms with Gasteiger partial charge in [-0.15, -0.1) is 11.3 Å². The minimum absolute atomic E-state index is 0.321. The highest BCUT2D eigenvalue weighted by Gasteiger charge is 2.22. The monoisotopic (exact) mass is 319 g/mol. The Balaban J connectivity index is 1.44. The van der Waals surface area contributed by atoms with Crippen molar-refractivity contribution < 1.29 is 4.79 Å². The molecule has 0 unspecified atom stereocenters. The maximum absolute atomic E-state index is 12.4. The summed E-state index contributed by atoms with van der Waals surface area (Å²) < 4.78 is 0. The molecule has 0 radical (unpaired) electrons. The van der Waals surface area contributed by atoms with E-state index in [0.29, 0.717) is 12.3 Å². The molecular weight excluding hydrogens is 294 g/mol. The number of aromatic nitrogens is 1. The number of nitrogens with zero attached hydrogens (tertiary/aromatic N) is 3. The van der Waals surface area contributed by atoms with Crippen LogP contribution in [0.2, 0.25) is 0 Å². The van der Waals surface area contributed by atoms with Crippen LogP contribution < -0.4 is 0 Å². The molecule has 0 saturated carbocycles. The number of thiazole rings is 1. The van der Waals surface area contributed by atoms with Crippen LogP contribution in [0.5, 0.6) is 0 Å². The van der Waals surface area contributed by atoms with Crippen LogP contribution in [-0.2, 0) is 11.3 Å². The van der Waals surface area contributed by atoms with Gasteiger partial charge in [-0.25, -0.2) is 4.98 Å². The van der Waals surface area contributed by atoms with Gasteiger partial charge in [0.15, 0.2) is 0 Å². The fraction of sp³-hybridized carbons (Fsp3) is 0.647. The van der Waals surface area contributed by atoms with Crippen molar-refractivity contribution in [1.29, 1.82) is 0 Å². The number of amides is 1. The van der Waals surface area contributed by atoms with Crippen LogP contribution in [0.4, 0.5) is 0 Å². The predicted molar refractivity (Wildman–Crippen MR) is 89.9 cm³/mol. The first-order valence-electron chi connectivity index (χ1n) is 8.30. The summed E-state index contributed by atoms with van der Waals surface area (Å²) in [5, 5.41) is 1.13. The molecule has 5 heteroatoms. The summed E-state index contributed by atoms with van der Waals surface area (Å²) in [4.78, 5) is 22.5. The van der Waals surface area contributed by atoms with Crippen LogP contribution in [0, 0.1) is 6.92 Å². The van der Waals surface area contributed by atoms with Crippen molar-refractivity contribution in [3.8, 4) is 0 Å². The van der Waals surface area contributed by atoms with Crippen LogP contribution in [0.3, 0.4) is 0 Å². The van der Waals surface area contributed by atoms with Crippen LogP contribution in [-0.4, -0.2) is 46.9 Å². The summed E-state index contributed by atoms with van der Waals surface area (Å²) in [5.74, 6) is 0.321. The maximum atomic E-state index is 12.4. The van der Waals surface area contributed by atoms with Gasteiger partial charge in [0.05, 0.1) is 5.01 Å². The third-order valence-corrected chi connectivity index (χ3v) is 5.43. The molecule has 1 aromatic heterocycles. The van der Waals surface area contributed by atoms with Crippen molar-refractivity contribution >= 4 is 17.2 Å². The second-order valence-electron chi connectivity index (χ2n) is 6.29. The number of rotatable bonds is 4. The van der Waals surface area contributed by atoms with Crippen molar-refractivity contribution in [2.24, 2.45) is 0 Å². The van der Waals surface area contributed by atoms with Gasteiger partial charge in [0.1, 0.15) is 0 Å². The van der Waals surface area contributed by atoms with Gasteiger partial charge in [-0.2, -0.15) is 0 Å². The summed E-state index contributed by atoms with van der Waals surface area (Å²) in [6.07, 6.45) is 9.72. The third kappa shape index (κ3) is 4.17. The second-order valence-corrected chi connectivity index (χ2v) is 7.61. The van der Waals surface area contributed by atoms with Crippen LogP contribution in [0.15, 0.2) is 17.8 Å². The lowest BCUT2D eigenvalue weighted by Gasteiger charge is -2.34. The highest BCUT2D eigenvalue weighted by molar-refractivity contribution is 7.11. The van der Waals surface area contributed by atoms with Gasteiger partial charge < -0.3 is 4.90 Å². The lowest BCUT2D eigenvalue weighted by atomic mass is 9.97. The van der Waals surface area contributed by atoms with Crippen LogP contribution >= 0.6 is 11.3 Å². The Morgan fingerprint density at radius 1 is 1.27 bits per heavy atom. The van der Waals surface area contributed by atoms with E-state index >= 15 is 0 Å². The van der Waals surface area contributed by atoms with Gasteiger partial charge in [-0.05, 0) is 32.6 Å². The molecule has 1 aliphatic carbocycles. The molecule has 1 aromatic rings. The van der Waals surface area contributed by atoms with Crippen molar-refractivity contribution in [2.75, 3.05) is 26.2 Å². The number of aryl methyl sites for hydroxylation is 1. The zero-order chi connectivity index (χ0) is 15.4. The SMILES string of the molecule is Cc1ncc(CN2CCN(C(=O)CC3=CCCCC3)CC2)s1. The first-order chi connectivity index (χ1) is 10.7. The van der Waals surface area contributed by atoms with Gasteiger partial charge in [0.2, 0.25) is 5.91 Å². The molecule has 1 saturated heterocycles. The van der Waals surface area contributed by atoms with Gasteiger partial charge in [-0.1, -0.05) is 11.6 Å². The number of carbonyl (C=O) groups is 1. The summed E-state index contributed by atoms with van der Waals surface area (Å²) >= 11 is 1.77. The highest BCUT2D eigenvalue weighted by atomic mass is 32.1. The molecule has 0 spiro atoms. The smallest absolute Gasteiger partial charge is 0.226 e. The quantitative estimate of drug-likeness (QED) is 0.801. The van der Waals surface area contributed by atoms with Crippen LogP contribution in [0.25, 0.3) is 0 Å². The number of hydrogen-bond acceptors (Lipinski definition) is 4. The van der Waals surface area contributed by atoms with Crippen molar-refractivity contribution in [2.45, 2.75) is 45.6 Å². The fourth-order valence-electron chi connectivity index (χ4n) is 3.23. The minimum Gasteiger partial charge on any atom is -0.340 e. The van der Waals surface area contributed by atoms with Crippen molar-refractivity contribution in [1.82, 2.24) is 14.8 Å². The number of hydrogen-bond donors (Lipinski definition) is 0. The Kier molecular flexibility index (Phi) is 5.26. The summed E-state index contributed by atoms with van der Waals surface area (Å²) in [7, 11) is 0. The average Bonchev–Trinajstić information content (AvgIpc) is 2.94. The van der Waals surface area contributed by atoms with E-state index in [0.717, 1.165) is 50.6 Å². The zero-order valence-electron chi connectivity index (χ0n) is 13.4. The molecule has 3 rings (SSSR count). The number of allylic oxidation sites excluding steroid dienone is 1. The molecule has 2 heterocycles. The molecular formula is C17H25N3OS. The van der Waals surface area contributed by atoms with E-state index in [2.05, 4.69) is 16.0 Å². The molecule has 0 atom stereocenters. The van der Waals surface area contributed by atoms with Gasteiger partial charge in [0, 0.05) is 50.2 Å². The van der Waals surface area contributed by atoms with E-state index in [9.17, 15) is 4.79 Å². The van der Waals surface area contributed by atoms with E-state index in [1.807, 2.05) is 18.0 Å². The molecule has 0 bridgehead atoms. The van der Waals surface area contributed by atoms with Gasteiger partial charge in [-0.3, -0.25) is 9.69 Å². The topological polar surface area (TPSA) is 36.4 Å². The van der Waals surface area contributed by atoms with Crippen molar-refractivity contribution in [3.05, 3.63) is 27.7 Å². The van der Waals surface area contributed by atoms with E-state index in [1.165, 1.54) is 23.3 Å². The molecule has 0 aromatic carbocycles. The first-order valence-corrected chi connectivity index (χ1v) is 9.12. The fourth-order valence-corrected chi connectivity index (χ4v) is 4.06. The van der Waals surface area contributed by atoms with Crippen molar-refractivity contribution in [3.63, 3.8) is 0 Å². The highest BCUT2D eigenvalue weighted by Crippen LogP contribution is 2.21. The Morgan fingerprint density at radius 3 is 2.73 bits per heavy atom. The minimum atomic E-state index is 0.321. The second kappa shape index (κ2) is 7.38. The van der Waals surface area contributed by atoms with E-state index in [1.54, 1.807) is 11.3 Å². The van der Waals surface area contributed by atoms with Gasteiger partial charge in [0.25, 0.3) is 0 Å². The Labute approximate surface area is 136 Å². The Hall–Kier alpha value is -1.20. The first kappa shape index (κ1) is 15.7. The Morgan fingerprint density at radius 2 is 2.09 bits per heavy atom. The molecule has 1 amide bonds. The summed E-state index contributed by atoms with van der Waals surface area (Å²) in [5.41, 5.74) is 1.36. The van der Waals surface area contributed by atoms with E-state index < -0.39 is 0 Å². The van der Waals surface area contributed by atoms with Gasteiger partial charge >= 0.3 is 0 Å². The third-order valence-electron chi connectivity index (χ3n) is 4.54. The van der Waals surface area contributed by atoms with E-state index in [-0.39, 0.29) is 0 Å². The van der Waals surface area contributed by atoms with E-state index in [4.69, 9.17) is 0 Å². The molecule has 1 fully saturated rings. The molecule has 2 aliphatic rings. The summed E-state index contributed by atoms with van der Waals surface area (Å²) in [6.45, 7) is 6.70. The lowest BCUT2D eigenvalue weighted by Crippen LogP contribution is -2.48. The normalized spacial score (nSPS) is 20.0. The molecule has 120 valence electrons. The largest absolute Gasteiger partial charge is 0.340 e. The molecule has 1 aliphatic heterocycles. The summed E-state index contributed by atoms with van der Waals surface area (Å²) in [6, 6.07) is 0. The average molecular weight is 319 g/mol. The standard InChI is InChI=1S/C17H25N3OS/c1-14-18-12-16(22-14)13-19-7-9-20(10-8-19)17(21)11-15-5-3-2-4-6-15/h5,12H,2-4,6-11,13H2,1H3.